The molecular formula is C26H24N4O2. The molecule has 6 nitrogen and oxygen atoms in total. The van der Waals surface area contributed by atoms with Crippen molar-refractivity contribution in [1.82, 2.24) is 5.43 Å². The third-order valence-electron chi connectivity index (χ3n) is 4.84. The van der Waals surface area contributed by atoms with E-state index in [4.69, 9.17) is 5.26 Å². The van der Waals surface area contributed by atoms with Crippen molar-refractivity contribution >= 4 is 23.7 Å². The lowest BCUT2D eigenvalue weighted by molar-refractivity contribution is 0.0954. The highest BCUT2D eigenvalue weighted by molar-refractivity contribution is 6.04. The van der Waals surface area contributed by atoms with E-state index in [1.54, 1.807) is 48.5 Å². The zero-order chi connectivity index (χ0) is 23.1. The molecule has 0 fully saturated rings. The van der Waals surface area contributed by atoms with E-state index >= 15 is 0 Å². The maximum absolute atomic E-state index is 12.5. The average molecular weight is 425 g/mol. The fraction of sp³-hybridized carbons (Fsp3) is 0.154. The van der Waals surface area contributed by atoms with Gasteiger partial charge in [-0.05, 0) is 65.1 Å². The summed E-state index contributed by atoms with van der Waals surface area (Å²) in [4.78, 5) is 24.7. The Bertz CT molecular complexity index is 1160. The summed E-state index contributed by atoms with van der Waals surface area (Å²) in [5.74, 6) is -0.583. The number of nitrogens with zero attached hydrogens (tertiary/aromatic N) is 2. The van der Waals surface area contributed by atoms with Gasteiger partial charge in [-0.1, -0.05) is 45.0 Å². The molecule has 2 amide bonds. The topological polar surface area (TPSA) is 94.3 Å². The van der Waals surface area contributed by atoms with Gasteiger partial charge in [0.2, 0.25) is 0 Å². The molecule has 6 heteroatoms. The third kappa shape index (κ3) is 5.89. The number of nitrogens with one attached hydrogen (secondary N) is 2. The Morgan fingerprint density at radius 1 is 0.844 bits per heavy atom. The molecule has 3 aromatic carbocycles. The molecule has 0 spiro atoms. The first kappa shape index (κ1) is 22.4. The van der Waals surface area contributed by atoms with Crippen molar-refractivity contribution in [2.45, 2.75) is 26.2 Å². The summed E-state index contributed by atoms with van der Waals surface area (Å²) in [6.45, 7) is 6.37. The van der Waals surface area contributed by atoms with Gasteiger partial charge in [0.05, 0.1) is 17.8 Å². The molecule has 0 heterocycles. The number of anilines is 1. The van der Waals surface area contributed by atoms with Crippen LogP contribution in [-0.4, -0.2) is 18.0 Å². The first-order chi connectivity index (χ1) is 15.3. The van der Waals surface area contributed by atoms with Gasteiger partial charge in [-0.25, -0.2) is 5.43 Å². The number of rotatable bonds is 5. The second-order valence-electron chi connectivity index (χ2n) is 8.29. The monoisotopic (exact) mass is 424 g/mol. The zero-order valence-corrected chi connectivity index (χ0v) is 18.2. The summed E-state index contributed by atoms with van der Waals surface area (Å²) < 4.78 is 0. The maximum Gasteiger partial charge on any atom is 0.271 e. The predicted molar refractivity (Wildman–Crippen MR) is 126 cm³/mol. The van der Waals surface area contributed by atoms with Gasteiger partial charge in [0.25, 0.3) is 11.8 Å². The van der Waals surface area contributed by atoms with Crippen LogP contribution in [0.2, 0.25) is 0 Å². The quantitative estimate of drug-likeness (QED) is 0.452. The van der Waals surface area contributed by atoms with Gasteiger partial charge in [0, 0.05) is 16.8 Å². The summed E-state index contributed by atoms with van der Waals surface area (Å²) in [7, 11) is 0. The molecule has 0 bridgehead atoms. The standard InChI is InChI=1S/C26H24N4O2/c1-26(2,3)22-12-8-20(9-13-22)24(31)29-23-14-10-21(11-15-23)25(32)30-28-17-19-6-4-18(16-27)5-7-19/h4-15,17H,1-3H3,(H,29,31)(H,30,32). The first-order valence-corrected chi connectivity index (χ1v) is 10.1. The highest BCUT2D eigenvalue weighted by Gasteiger charge is 2.14. The number of hydrazone groups is 1. The van der Waals surface area contributed by atoms with Crippen LogP contribution in [0.3, 0.4) is 0 Å². The first-order valence-electron chi connectivity index (χ1n) is 10.1. The van der Waals surface area contributed by atoms with Gasteiger partial charge in [-0.3, -0.25) is 9.59 Å². The molecule has 0 radical (unpaired) electrons. The lowest BCUT2D eigenvalue weighted by Gasteiger charge is -2.19. The Kier molecular flexibility index (Phi) is 6.81. The smallest absolute Gasteiger partial charge is 0.271 e. The molecule has 0 atom stereocenters. The molecule has 3 rings (SSSR count). The molecule has 0 aromatic heterocycles. The molecule has 0 saturated carbocycles. The largest absolute Gasteiger partial charge is 0.322 e. The van der Waals surface area contributed by atoms with Crippen LogP contribution in [-0.2, 0) is 5.41 Å². The van der Waals surface area contributed by atoms with Crippen LogP contribution in [0.1, 0.15) is 58.2 Å². The third-order valence-corrected chi connectivity index (χ3v) is 4.84. The lowest BCUT2D eigenvalue weighted by Crippen LogP contribution is -2.18. The molecule has 32 heavy (non-hydrogen) atoms. The number of benzene rings is 3. The lowest BCUT2D eigenvalue weighted by atomic mass is 9.87. The number of hydrogen-bond donors (Lipinski definition) is 2. The Labute approximate surface area is 187 Å². The van der Waals surface area contributed by atoms with Gasteiger partial charge >= 0.3 is 0 Å². The van der Waals surface area contributed by atoms with Gasteiger partial charge in [0.15, 0.2) is 0 Å². The van der Waals surface area contributed by atoms with Crippen LogP contribution in [0.25, 0.3) is 0 Å². The van der Waals surface area contributed by atoms with Gasteiger partial charge in [-0.2, -0.15) is 10.4 Å². The fourth-order valence-corrected chi connectivity index (χ4v) is 2.90. The van der Waals surface area contributed by atoms with E-state index in [1.165, 1.54) is 6.21 Å². The minimum absolute atomic E-state index is 0.0253. The van der Waals surface area contributed by atoms with Crippen molar-refractivity contribution in [2.24, 2.45) is 5.10 Å². The SMILES string of the molecule is CC(C)(C)c1ccc(C(=O)Nc2ccc(C(=O)NN=Cc3ccc(C#N)cc3)cc2)cc1. The molecular weight excluding hydrogens is 400 g/mol. The van der Waals surface area contributed by atoms with E-state index in [-0.39, 0.29) is 17.2 Å². The van der Waals surface area contributed by atoms with Gasteiger partial charge in [-0.15, -0.1) is 0 Å². The van der Waals surface area contributed by atoms with E-state index in [0.29, 0.717) is 22.4 Å². The molecule has 0 saturated heterocycles. The van der Waals surface area contributed by atoms with Crippen LogP contribution in [0, 0.1) is 11.3 Å². The van der Waals surface area contributed by atoms with Gasteiger partial charge < -0.3 is 5.32 Å². The zero-order valence-electron chi connectivity index (χ0n) is 18.2. The van der Waals surface area contributed by atoms with Crippen LogP contribution >= 0.6 is 0 Å². The van der Waals surface area contributed by atoms with Crippen molar-refractivity contribution < 1.29 is 9.59 Å². The Morgan fingerprint density at radius 3 is 1.97 bits per heavy atom. The minimum Gasteiger partial charge on any atom is -0.322 e. The second-order valence-corrected chi connectivity index (χ2v) is 8.29. The molecule has 0 aliphatic heterocycles. The highest BCUT2D eigenvalue weighted by atomic mass is 16.2. The van der Waals surface area contributed by atoms with Gasteiger partial charge in [0.1, 0.15) is 0 Å². The summed E-state index contributed by atoms with van der Waals surface area (Å²) in [5, 5.41) is 15.6. The van der Waals surface area contributed by atoms with E-state index in [0.717, 1.165) is 11.1 Å². The average Bonchev–Trinajstić information content (AvgIpc) is 2.79. The van der Waals surface area contributed by atoms with Crippen LogP contribution in [0.15, 0.2) is 77.9 Å². The summed E-state index contributed by atoms with van der Waals surface area (Å²) >= 11 is 0. The van der Waals surface area contributed by atoms with Crippen molar-refractivity contribution in [3.63, 3.8) is 0 Å². The van der Waals surface area contributed by atoms with Crippen molar-refractivity contribution in [1.29, 1.82) is 5.26 Å². The molecule has 0 aliphatic carbocycles. The number of amides is 2. The fourth-order valence-electron chi connectivity index (χ4n) is 2.90. The van der Waals surface area contributed by atoms with Crippen molar-refractivity contribution in [3.05, 3.63) is 101 Å². The summed E-state index contributed by atoms with van der Waals surface area (Å²) in [6.07, 6.45) is 1.50. The summed E-state index contributed by atoms with van der Waals surface area (Å²) in [5.41, 5.74) is 6.53. The van der Waals surface area contributed by atoms with E-state index in [9.17, 15) is 9.59 Å². The number of carbonyl (C=O) groups is 2. The molecule has 2 N–H and O–H groups in total. The van der Waals surface area contributed by atoms with E-state index in [2.05, 4.69) is 36.6 Å². The van der Waals surface area contributed by atoms with Crippen molar-refractivity contribution in [2.75, 3.05) is 5.32 Å². The summed E-state index contributed by atoms with van der Waals surface area (Å²) in [6, 6.07) is 23.0. The highest BCUT2D eigenvalue weighted by Crippen LogP contribution is 2.22. The number of carbonyl (C=O) groups excluding carboxylic acids is 2. The molecule has 0 aliphatic rings. The van der Waals surface area contributed by atoms with Crippen molar-refractivity contribution in [3.8, 4) is 6.07 Å². The molecule has 3 aromatic rings. The maximum atomic E-state index is 12.5. The van der Waals surface area contributed by atoms with Crippen LogP contribution in [0.5, 0.6) is 0 Å². The van der Waals surface area contributed by atoms with Crippen LogP contribution < -0.4 is 10.7 Å². The van der Waals surface area contributed by atoms with E-state index in [1.807, 2.05) is 30.3 Å². The van der Waals surface area contributed by atoms with E-state index < -0.39 is 0 Å². The Hall–Kier alpha value is -4.24. The number of nitriles is 1. The normalized spacial score (nSPS) is 11.1. The Balaban J connectivity index is 1.56. The predicted octanol–water partition coefficient (Wildman–Crippen LogP) is 4.87. The Morgan fingerprint density at radius 2 is 1.41 bits per heavy atom. The molecule has 0 unspecified atom stereocenters. The minimum atomic E-state index is -0.370. The second kappa shape index (κ2) is 9.71. The van der Waals surface area contributed by atoms with Crippen LogP contribution in [0.4, 0.5) is 5.69 Å². The molecule has 160 valence electrons. The number of hydrogen-bond acceptors (Lipinski definition) is 4.